The Morgan fingerprint density at radius 3 is 1.50 bits per heavy atom. The molecule has 2 atom stereocenters. The van der Waals surface area contributed by atoms with Gasteiger partial charge in [0, 0.05) is 53.3 Å². The first kappa shape index (κ1) is 36.0. The Morgan fingerprint density at radius 2 is 0.871 bits per heavy atom. The van der Waals surface area contributed by atoms with Gasteiger partial charge in [0.15, 0.2) is 17.5 Å². The topological polar surface area (TPSA) is 64.5 Å². The number of nitrogens with zero attached hydrogens (tertiary/aromatic N) is 5. The molecule has 0 radical (unpaired) electrons. The highest BCUT2D eigenvalue weighted by atomic mass is 15.0. The summed E-state index contributed by atoms with van der Waals surface area (Å²) in [6.45, 7) is 0. The van der Waals surface area contributed by atoms with Crippen LogP contribution in [0.3, 0.4) is 0 Å². The lowest BCUT2D eigenvalue weighted by atomic mass is 9.44. The largest absolute Gasteiger partial charge is 0.265 e. The van der Waals surface area contributed by atoms with Crippen molar-refractivity contribution in [2.45, 2.75) is 11.3 Å². The van der Waals surface area contributed by atoms with Crippen LogP contribution in [0.5, 0.6) is 0 Å². The summed E-state index contributed by atoms with van der Waals surface area (Å²) in [6.07, 6.45) is 15.0. The van der Waals surface area contributed by atoms with Crippen LogP contribution >= 0.6 is 0 Å². The summed E-state index contributed by atoms with van der Waals surface area (Å²) in [5.41, 5.74) is 16.1. The van der Waals surface area contributed by atoms with Crippen molar-refractivity contribution in [3.05, 3.63) is 252 Å². The van der Waals surface area contributed by atoms with Crippen LogP contribution in [0.4, 0.5) is 0 Å². The lowest BCUT2D eigenvalue weighted by molar-refractivity contribution is 0.267. The molecule has 6 aromatic carbocycles. The van der Waals surface area contributed by atoms with Crippen molar-refractivity contribution in [3.63, 3.8) is 0 Å². The maximum atomic E-state index is 5.12. The van der Waals surface area contributed by atoms with Gasteiger partial charge in [-0.15, -0.1) is 0 Å². The average molecular weight is 794 g/mol. The van der Waals surface area contributed by atoms with E-state index in [0.717, 1.165) is 38.9 Å². The Morgan fingerprint density at radius 1 is 0.387 bits per heavy atom. The highest BCUT2D eigenvalue weighted by molar-refractivity contribution is 5.84. The molecule has 0 fully saturated rings. The quantitative estimate of drug-likeness (QED) is 0.161. The van der Waals surface area contributed by atoms with E-state index in [4.69, 9.17) is 15.0 Å². The summed E-state index contributed by atoms with van der Waals surface area (Å²) in [6, 6.07) is 62.8. The Bertz CT molecular complexity index is 3090. The van der Waals surface area contributed by atoms with Crippen LogP contribution in [0.15, 0.2) is 219 Å². The van der Waals surface area contributed by atoms with Gasteiger partial charge in [0.2, 0.25) is 0 Å². The second-order valence-corrected chi connectivity index (χ2v) is 16.4. The number of aromatic nitrogens is 5. The van der Waals surface area contributed by atoms with Crippen LogP contribution in [0.25, 0.3) is 62.0 Å². The third kappa shape index (κ3) is 5.81. The molecule has 2 unspecified atom stereocenters. The van der Waals surface area contributed by atoms with Crippen LogP contribution in [0, 0.1) is 11.8 Å². The summed E-state index contributed by atoms with van der Waals surface area (Å²) in [7, 11) is 0. The molecule has 5 nitrogen and oxygen atoms in total. The summed E-state index contributed by atoms with van der Waals surface area (Å²) >= 11 is 0. The van der Waals surface area contributed by atoms with E-state index in [1.54, 1.807) is 0 Å². The van der Waals surface area contributed by atoms with Crippen LogP contribution in [-0.2, 0) is 5.41 Å². The number of benzene rings is 6. The third-order valence-corrected chi connectivity index (χ3v) is 13.2. The molecule has 0 spiro atoms. The van der Waals surface area contributed by atoms with Crippen LogP contribution in [0.2, 0.25) is 0 Å². The lowest BCUT2D eigenvalue weighted by Gasteiger charge is -2.58. The zero-order chi connectivity index (χ0) is 41.0. The first-order valence-corrected chi connectivity index (χ1v) is 21.3. The zero-order valence-corrected chi connectivity index (χ0v) is 33.8. The van der Waals surface area contributed by atoms with Gasteiger partial charge < -0.3 is 0 Å². The Balaban J connectivity index is 1.01. The zero-order valence-electron chi connectivity index (χ0n) is 33.8. The van der Waals surface area contributed by atoms with E-state index in [1.165, 1.54) is 39.0 Å². The molecule has 0 N–H and O–H groups in total. The highest BCUT2D eigenvalue weighted by Crippen LogP contribution is 2.65. The molecule has 3 aromatic heterocycles. The first-order valence-electron chi connectivity index (χ1n) is 21.3. The Hall–Kier alpha value is -7.89. The second-order valence-electron chi connectivity index (χ2n) is 16.4. The van der Waals surface area contributed by atoms with Crippen molar-refractivity contribution < 1.29 is 0 Å². The molecule has 62 heavy (non-hydrogen) atoms. The molecule has 292 valence electrons. The van der Waals surface area contributed by atoms with E-state index >= 15 is 0 Å². The predicted molar refractivity (Wildman–Crippen MR) is 248 cm³/mol. The first-order chi connectivity index (χ1) is 30.7. The third-order valence-electron chi connectivity index (χ3n) is 13.2. The molecule has 5 heteroatoms. The number of pyridine rings is 2. The van der Waals surface area contributed by atoms with E-state index in [-0.39, 0.29) is 17.3 Å². The van der Waals surface area contributed by atoms with Gasteiger partial charge in [-0.05, 0) is 116 Å². The van der Waals surface area contributed by atoms with E-state index < -0.39 is 0 Å². The molecule has 4 aliphatic carbocycles. The molecule has 2 bridgehead atoms. The van der Waals surface area contributed by atoms with Gasteiger partial charge in [-0.1, -0.05) is 146 Å². The fourth-order valence-electron chi connectivity index (χ4n) is 10.5. The molecular weight excluding hydrogens is 755 g/mol. The smallest absolute Gasteiger partial charge is 0.164 e. The van der Waals surface area contributed by atoms with Crippen molar-refractivity contribution in [2.75, 3.05) is 0 Å². The molecule has 3 heterocycles. The normalized spacial score (nSPS) is 19.2. The van der Waals surface area contributed by atoms with Crippen molar-refractivity contribution >= 4 is 5.57 Å². The number of rotatable bonds is 7. The van der Waals surface area contributed by atoms with Gasteiger partial charge in [-0.25, -0.2) is 15.0 Å². The number of allylic oxidation sites excluding steroid dienone is 4. The molecule has 0 aliphatic heterocycles. The second kappa shape index (κ2) is 14.7. The van der Waals surface area contributed by atoms with Crippen molar-refractivity contribution in [3.8, 4) is 56.4 Å². The minimum atomic E-state index is -0.362. The molecule has 9 aromatic rings. The van der Waals surface area contributed by atoms with Gasteiger partial charge in [0.1, 0.15) is 0 Å². The van der Waals surface area contributed by atoms with E-state index in [9.17, 15) is 0 Å². The van der Waals surface area contributed by atoms with E-state index in [2.05, 4.69) is 143 Å². The maximum Gasteiger partial charge on any atom is 0.164 e. The maximum absolute atomic E-state index is 5.12. The average Bonchev–Trinajstić information content (AvgIpc) is 3.37. The van der Waals surface area contributed by atoms with Gasteiger partial charge in [0.05, 0.1) is 5.41 Å². The fraction of sp³-hybridized carbons (Fsp3) is 0.0702. The summed E-state index contributed by atoms with van der Waals surface area (Å²) < 4.78 is 0. The molecule has 0 saturated carbocycles. The Kier molecular flexibility index (Phi) is 8.53. The monoisotopic (exact) mass is 793 g/mol. The molecule has 0 saturated heterocycles. The minimum Gasteiger partial charge on any atom is -0.265 e. The van der Waals surface area contributed by atoms with Crippen LogP contribution in [-0.4, -0.2) is 24.9 Å². The lowest BCUT2D eigenvalue weighted by Crippen LogP contribution is -2.52. The predicted octanol–water partition coefficient (Wildman–Crippen LogP) is 12.7. The van der Waals surface area contributed by atoms with Gasteiger partial charge in [-0.3, -0.25) is 9.97 Å². The SMILES string of the molecule is C1=CC2C3c4ccccc4C(c4ccncc4)(c4ccccc43)C2C=C1c1cccc(-c2cc(-c3ccncc3)cc(-c3nc(-c4ccccc4)nc(-c4ccccc4)n3)c2)c1. The number of hydrogen-bond donors (Lipinski definition) is 0. The van der Waals surface area contributed by atoms with E-state index in [0.29, 0.717) is 23.4 Å². The van der Waals surface area contributed by atoms with Crippen LogP contribution in [0.1, 0.15) is 39.3 Å². The van der Waals surface area contributed by atoms with Crippen molar-refractivity contribution in [1.82, 2.24) is 24.9 Å². The van der Waals surface area contributed by atoms with Gasteiger partial charge in [0.25, 0.3) is 0 Å². The van der Waals surface area contributed by atoms with Gasteiger partial charge >= 0.3 is 0 Å². The highest BCUT2D eigenvalue weighted by Gasteiger charge is 2.58. The summed E-state index contributed by atoms with van der Waals surface area (Å²) in [5.74, 6) is 2.67. The van der Waals surface area contributed by atoms with Crippen molar-refractivity contribution in [1.29, 1.82) is 0 Å². The summed E-state index contributed by atoms with van der Waals surface area (Å²) in [4.78, 5) is 24.0. The molecule has 13 rings (SSSR count). The molecule has 0 amide bonds. The van der Waals surface area contributed by atoms with Crippen molar-refractivity contribution in [2.24, 2.45) is 11.8 Å². The standard InChI is InChI=1S/C57H39N5/c1-3-12-38(13-4-1)54-60-55(39-14-5-2-6-15-39)62-56(61-54)45-34-43(37-24-28-58-29-25-37)33-44(35-45)41-17-11-16-40(32-41)42-22-23-49-52(36-42)57(46-26-30-59-31-27-46)50-20-9-7-18-47(50)53(49)48-19-8-10-21-51(48)57/h1-36,49,52-53H. The molecular formula is C57H39N5. The fourth-order valence-corrected chi connectivity index (χ4v) is 10.5. The minimum absolute atomic E-state index is 0.200. The summed E-state index contributed by atoms with van der Waals surface area (Å²) in [5, 5.41) is 0. The Labute approximate surface area is 361 Å². The molecule has 4 aliphatic rings. The number of hydrogen-bond acceptors (Lipinski definition) is 5. The van der Waals surface area contributed by atoms with Gasteiger partial charge in [-0.2, -0.15) is 0 Å². The van der Waals surface area contributed by atoms with Crippen LogP contribution < -0.4 is 0 Å². The van der Waals surface area contributed by atoms with E-state index in [1.807, 2.05) is 85.5 Å².